The SMILES string of the molecule is COc1ccc(-c2cnc3n2C[C@H]2CN(Cc4ccc(F)cc4)C[C@H]2C3)cc1. The summed E-state index contributed by atoms with van der Waals surface area (Å²) in [6.45, 7) is 4.08. The topological polar surface area (TPSA) is 30.3 Å². The minimum absolute atomic E-state index is 0.171. The van der Waals surface area contributed by atoms with Crippen molar-refractivity contribution < 1.29 is 9.13 Å². The number of fused-ring (bicyclic) bond motifs is 2. The molecule has 0 unspecified atom stereocenters. The molecule has 3 aromatic rings. The molecule has 0 amide bonds. The summed E-state index contributed by atoms with van der Waals surface area (Å²) in [5.74, 6) is 3.18. The number of hydrogen-bond donors (Lipinski definition) is 0. The molecular weight excluding hydrogens is 353 g/mol. The molecule has 4 nitrogen and oxygen atoms in total. The van der Waals surface area contributed by atoms with E-state index in [0.717, 1.165) is 38.3 Å². The molecule has 2 aliphatic heterocycles. The van der Waals surface area contributed by atoms with Gasteiger partial charge in [0.05, 0.1) is 19.0 Å². The highest BCUT2D eigenvalue weighted by Gasteiger charge is 2.37. The molecule has 1 fully saturated rings. The molecule has 28 heavy (non-hydrogen) atoms. The molecule has 0 aliphatic carbocycles. The Bertz CT molecular complexity index is 965. The number of benzene rings is 2. The first kappa shape index (κ1) is 17.4. The first-order valence-corrected chi connectivity index (χ1v) is 9.85. The van der Waals surface area contributed by atoms with Gasteiger partial charge in [0.25, 0.3) is 0 Å². The zero-order chi connectivity index (χ0) is 19.1. The van der Waals surface area contributed by atoms with Crippen molar-refractivity contribution in [1.82, 2.24) is 14.5 Å². The fourth-order valence-electron chi connectivity index (χ4n) is 4.69. The summed E-state index contributed by atoms with van der Waals surface area (Å²) >= 11 is 0. The maximum Gasteiger partial charge on any atom is 0.123 e. The first-order valence-electron chi connectivity index (χ1n) is 9.85. The first-order chi connectivity index (χ1) is 13.7. The second-order valence-electron chi connectivity index (χ2n) is 7.94. The molecule has 2 aliphatic rings. The fourth-order valence-corrected chi connectivity index (χ4v) is 4.69. The Kier molecular flexibility index (Phi) is 4.40. The molecule has 0 radical (unpaired) electrons. The Morgan fingerprint density at radius 3 is 2.50 bits per heavy atom. The number of halogens is 1. The summed E-state index contributed by atoms with van der Waals surface area (Å²) in [5, 5.41) is 0. The Hall–Kier alpha value is -2.66. The van der Waals surface area contributed by atoms with Crippen molar-refractivity contribution in [2.45, 2.75) is 19.5 Å². The van der Waals surface area contributed by atoms with Crippen LogP contribution < -0.4 is 4.74 Å². The van der Waals surface area contributed by atoms with Crippen LogP contribution in [0.3, 0.4) is 0 Å². The molecule has 144 valence electrons. The molecule has 1 saturated heterocycles. The van der Waals surface area contributed by atoms with Gasteiger partial charge in [-0.25, -0.2) is 9.37 Å². The average molecular weight is 377 g/mol. The van der Waals surface area contributed by atoms with E-state index in [4.69, 9.17) is 9.72 Å². The van der Waals surface area contributed by atoms with Gasteiger partial charge in [-0.3, -0.25) is 4.90 Å². The van der Waals surface area contributed by atoms with Gasteiger partial charge in [-0.15, -0.1) is 0 Å². The highest BCUT2D eigenvalue weighted by Crippen LogP contribution is 2.36. The molecular formula is C23H24FN3O. The predicted molar refractivity (Wildman–Crippen MR) is 107 cm³/mol. The van der Waals surface area contributed by atoms with E-state index in [1.165, 1.54) is 22.6 Å². The third kappa shape index (κ3) is 3.20. The standard InChI is InChI=1S/C23H24FN3O/c1-28-21-8-4-17(5-9-21)22-11-25-23-10-18-13-26(14-19(18)15-27(22)23)12-16-2-6-20(24)7-3-16/h2-9,11,18-19H,10,12-15H2,1H3/t18-,19-/m1/s1. The van der Waals surface area contributed by atoms with Crippen LogP contribution in [0.5, 0.6) is 5.75 Å². The van der Waals surface area contributed by atoms with Crippen LogP contribution in [0.1, 0.15) is 11.4 Å². The highest BCUT2D eigenvalue weighted by molar-refractivity contribution is 5.60. The van der Waals surface area contributed by atoms with Gasteiger partial charge < -0.3 is 9.30 Å². The summed E-state index contributed by atoms with van der Waals surface area (Å²) in [4.78, 5) is 7.23. The molecule has 1 aromatic heterocycles. The second-order valence-corrected chi connectivity index (χ2v) is 7.94. The van der Waals surface area contributed by atoms with Crippen LogP contribution in [0, 0.1) is 17.7 Å². The third-order valence-corrected chi connectivity index (χ3v) is 6.16. The Labute approximate surface area is 164 Å². The van der Waals surface area contributed by atoms with Crippen molar-refractivity contribution in [2.24, 2.45) is 11.8 Å². The summed E-state index contributed by atoms with van der Waals surface area (Å²) < 4.78 is 20.8. The van der Waals surface area contributed by atoms with Gasteiger partial charge in [0.2, 0.25) is 0 Å². The van der Waals surface area contributed by atoms with Gasteiger partial charge in [0.15, 0.2) is 0 Å². The smallest absolute Gasteiger partial charge is 0.123 e. The van der Waals surface area contributed by atoms with Gasteiger partial charge in [0, 0.05) is 38.2 Å². The van der Waals surface area contributed by atoms with Crippen LogP contribution in [-0.4, -0.2) is 34.7 Å². The Morgan fingerprint density at radius 2 is 1.75 bits per heavy atom. The van der Waals surface area contributed by atoms with Crippen LogP contribution >= 0.6 is 0 Å². The van der Waals surface area contributed by atoms with E-state index in [9.17, 15) is 4.39 Å². The fraction of sp³-hybridized carbons (Fsp3) is 0.348. The molecule has 5 heteroatoms. The van der Waals surface area contributed by atoms with Gasteiger partial charge in [-0.2, -0.15) is 0 Å². The number of hydrogen-bond acceptors (Lipinski definition) is 3. The lowest BCUT2D eigenvalue weighted by atomic mass is 9.89. The molecule has 0 bridgehead atoms. The Balaban J connectivity index is 1.32. The number of rotatable bonds is 4. The van der Waals surface area contributed by atoms with E-state index in [2.05, 4.69) is 21.6 Å². The van der Waals surface area contributed by atoms with E-state index < -0.39 is 0 Å². The minimum atomic E-state index is -0.171. The average Bonchev–Trinajstić information content (AvgIpc) is 3.30. The van der Waals surface area contributed by atoms with Crippen molar-refractivity contribution >= 4 is 0 Å². The largest absolute Gasteiger partial charge is 0.497 e. The lowest BCUT2D eigenvalue weighted by Crippen LogP contribution is -2.28. The van der Waals surface area contributed by atoms with E-state index in [0.29, 0.717) is 11.8 Å². The Morgan fingerprint density at radius 1 is 1.00 bits per heavy atom. The van der Waals surface area contributed by atoms with E-state index in [1.54, 1.807) is 19.2 Å². The van der Waals surface area contributed by atoms with Crippen molar-refractivity contribution in [3.63, 3.8) is 0 Å². The van der Waals surface area contributed by atoms with Gasteiger partial charge >= 0.3 is 0 Å². The maximum absolute atomic E-state index is 13.1. The summed E-state index contributed by atoms with van der Waals surface area (Å²) in [5.41, 5.74) is 3.55. The van der Waals surface area contributed by atoms with Gasteiger partial charge in [-0.05, 0) is 53.8 Å². The second kappa shape index (κ2) is 7.06. The molecule has 5 rings (SSSR count). The minimum Gasteiger partial charge on any atom is -0.497 e. The van der Waals surface area contributed by atoms with E-state index in [1.807, 2.05) is 30.5 Å². The molecule has 0 saturated carbocycles. The molecule has 0 N–H and O–H groups in total. The normalized spacial score (nSPS) is 21.4. The highest BCUT2D eigenvalue weighted by atomic mass is 19.1. The molecule has 2 atom stereocenters. The maximum atomic E-state index is 13.1. The van der Waals surface area contributed by atoms with Crippen molar-refractivity contribution in [2.75, 3.05) is 20.2 Å². The van der Waals surface area contributed by atoms with Crippen molar-refractivity contribution in [1.29, 1.82) is 0 Å². The number of aromatic nitrogens is 2. The van der Waals surface area contributed by atoms with Crippen LogP contribution in [0.15, 0.2) is 54.7 Å². The van der Waals surface area contributed by atoms with Crippen LogP contribution in [0.2, 0.25) is 0 Å². The van der Waals surface area contributed by atoms with Crippen LogP contribution in [-0.2, 0) is 19.5 Å². The number of imidazole rings is 1. The third-order valence-electron chi connectivity index (χ3n) is 6.16. The summed E-state index contributed by atoms with van der Waals surface area (Å²) in [6.07, 6.45) is 3.04. The zero-order valence-electron chi connectivity index (χ0n) is 16.0. The van der Waals surface area contributed by atoms with Crippen molar-refractivity contribution in [3.8, 4) is 17.0 Å². The monoisotopic (exact) mass is 377 g/mol. The number of methoxy groups -OCH3 is 1. The van der Waals surface area contributed by atoms with Gasteiger partial charge in [-0.1, -0.05) is 12.1 Å². The predicted octanol–water partition coefficient (Wildman–Crippen LogP) is 4.00. The molecule has 3 heterocycles. The summed E-state index contributed by atoms with van der Waals surface area (Å²) in [6, 6.07) is 15.1. The van der Waals surface area contributed by atoms with E-state index in [-0.39, 0.29) is 5.82 Å². The number of ether oxygens (including phenoxy) is 1. The number of nitrogens with zero attached hydrogens (tertiary/aromatic N) is 3. The van der Waals surface area contributed by atoms with Gasteiger partial charge in [0.1, 0.15) is 17.4 Å². The molecule has 0 spiro atoms. The van der Waals surface area contributed by atoms with E-state index >= 15 is 0 Å². The van der Waals surface area contributed by atoms with Crippen LogP contribution in [0.4, 0.5) is 4.39 Å². The number of likely N-dealkylation sites (tertiary alicyclic amines) is 1. The molecule has 2 aromatic carbocycles. The van der Waals surface area contributed by atoms with Crippen molar-refractivity contribution in [3.05, 3.63) is 71.9 Å². The summed E-state index contributed by atoms with van der Waals surface area (Å²) in [7, 11) is 1.69. The quantitative estimate of drug-likeness (QED) is 0.688. The lowest BCUT2D eigenvalue weighted by molar-refractivity contribution is 0.307. The lowest BCUT2D eigenvalue weighted by Gasteiger charge is -2.27. The van der Waals surface area contributed by atoms with Crippen LogP contribution in [0.25, 0.3) is 11.3 Å². The zero-order valence-corrected chi connectivity index (χ0v) is 16.0.